The van der Waals surface area contributed by atoms with Gasteiger partial charge < -0.3 is 10.1 Å². The summed E-state index contributed by atoms with van der Waals surface area (Å²) in [4.78, 5) is 24.4. The zero-order valence-electron chi connectivity index (χ0n) is 13.3. The largest absolute Gasteiger partial charge is 0.448 e. The van der Waals surface area contributed by atoms with E-state index in [1.807, 2.05) is 31.2 Å². The predicted molar refractivity (Wildman–Crippen MR) is 92.9 cm³/mol. The number of esters is 1. The number of hydrogen-bond donors (Lipinski definition) is 1. The highest BCUT2D eigenvalue weighted by Crippen LogP contribution is 2.10. The zero-order valence-corrected chi connectivity index (χ0v) is 13.3. The van der Waals surface area contributed by atoms with E-state index in [0.717, 1.165) is 11.1 Å². The van der Waals surface area contributed by atoms with Crippen molar-refractivity contribution < 1.29 is 14.3 Å². The molecule has 2 aromatic carbocycles. The molecule has 0 aliphatic heterocycles. The molecule has 120 valence electrons. The Kier molecular flexibility index (Phi) is 5.93. The first kappa shape index (κ1) is 17.0. The molecule has 0 heterocycles. The quantitative estimate of drug-likeness (QED) is 0.524. The van der Waals surface area contributed by atoms with E-state index in [2.05, 4.69) is 11.2 Å². The third-order valence-electron chi connectivity index (χ3n) is 3.18. The van der Waals surface area contributed by atoms with Crippen LogP contribution in [-0.4, -0.2) is 18.5 Å². The van der Waals surface area contributed by atoms with Crippen molar-refractivity contribution in [1.29, 1.82) is 0 Å². The fourth-order valence-corrected chi connectivity index (χ4v) is 1.94. The average Bonchev–Trinajstić information content (AvgIpc) is 2.61. The lowest BCUT2D eigenvalue weighted by Crippen LogP contribution is -2.28. The molecule has 0 radical (unpaired) electrons. The van der Waals surface area contributed by atoms with E-state index in [4.69, 9.17) is 11.2 Å². The first-order chi connectivity index (χ1) is 11.6. The number of amides is 1. The van der Waals surface area contributed by atoms with E-state index >= 15 is 0 Å². The predicted octanol–water partition coefficient (Wildman–Crippen LogP) is 2.94. The molecule has 0 bridgehead atoms. The molecule has 0 fully saturated rings. The summed E-state index contributed by atoms with van der Waals surface area (Å²) in [6.07, 6.45) is 6.66. The summed E-state index contributed by atoms with van der Waals surface area (Å²) in [6.45, 7) is 1.80. The fraction of sp³-hybridized carbons (Fsp3) is 0.100. The lowest BCUT2D eigenvalue weighted by Gasteiger charge is -2.09. The molecule has 0 atom stereocenters. The number of rotatable bonds is 5. The SMILES string of the molecule is C#CCOC(=O)C(=Cc1ccc(C)cc1)NC(=O)c1ccccc1. The minimum atomic E-state index is -0.683. The van der Waals surface area contributed by atoms with Crippen molar-refractivity contribution >= 4 is 18.0 Å². The van der Waals surface area contributed by atoms with Crippen molar-refractivity contribution in [2.45, 2.75) is 6.92 Å². The first-order valence-electron chi connectivity index (χ1n) is 7.35. The van der Waals surface area contributed by atoms with Crippen LogP contribution >= 0.6 is 0 Å². The number of ether oxygens (including phenoxy) is 1. The van der Waals surface area contributed by atoms with Gasteiger partial charge in [0, 0.05) is 5.56 Å². The van der Waals surface area contributed by atoms with E-state index in [9.17, 15) is 9.59 Å². The highest BCUT2D eigenvalue weighted by atomic mass is 16.5. The van der Waals surface area contributed by atoms with E-state index in [1.54, 1.807) is 36.4 Å². The molecule has 24 heavy (non-hydrogen) atoms. The van der Waals surface area contributed by atoms with Gasteiger partial charge in [-0.25, -0.2) is 4.79 Å². The number of carbonyl (C=O) groups is 2. The molecule has 0 saturated carbocycles. The smallest absolute Gasteiger partial charge is 0.355 e. The van der Waals surface area contributed by atoms with Gasteiger partial charge >= 0.3 is 5.97 Å². The van der Waals surface area contributed by atoms with E-state index < -0.39 is 11.9 Å². The normalized spacial score (nSPS) is 10.6. The molecule has 0 spiro atoms. The molecular formula is C20H17NO3. The number of aryl methyl sites for hydroxylation is 1. The van der Waals surface area contributed by atoms with Crippen LogP contribution in [0.15, 0.2) is 60.3 Å². The number of hydrogen-bond acceptors (Lipinski definition) is 3. The van der Waals surface area contributed by atoms with Gasteiger partial charge in [-0.2, -0.15) is 0 Å². The Balaban J connectivity index is 2.25. The maximum Gasteiger partial charge on any atom is 0.355 e. The van der Waals surface area contributed by atoms with Crippen molar-refractivity contribution in [3.8, 4) is 12.3 Å². The van der Waals surface area contributed by atoms with Gasteiger partial charge in [0.15, 0.2) is 6.61 Å². The molecule has 0 unspecified atom stereocenters. The van der Waals surface area contributed by atoms with Crippen LogP contribution in [-0.2, 0) is 9.53 Å². The van der Waals surface area contributed by atoms with Crippen LogP contribution in [0, 0.1) is 19.3 Å². The number of benzene rings is 2. The Morgan fingerprint density at radius 2 is 1.79 bits per heavy atom. The second kappa shape index (κ2) is 8.35. The third-order valence-corrected chi connectivity index (χ3v) is 3.18. The van der Waals surface area contributed by atoms with Gasteiger partial charge in [0.05, 0.1) is 0 Å². The second-order valence-electron chi connectivity index (χ2n) is 5.07. The third kappa shape index (κ3) is 4.85. The molecule has 0 aliphatic rings. The molecule has 4 nitrogen and oxygen atoms in total. The average molecular weight is 319 g/mol. The molecule has 0 aliphatic carbocycles. The molecule has 1 N–H and O–H groups in total. The van der Waals surface area contributed by atoms with Crippen LogP contribution in [0.5, 0.6) is 0 Å². The van der Waals surface area contributed by atoms with Gasteiger partial charge in [-0.05, 0) is 30.7 Å². The van der Waals surface area contributed by atoms with Crippen LogP contribution in [0.3, 0.4) is 0 Å². The lowest BCUT2D eigenvalue weighted by atomic mass is 10.1. The second-order valence-corrected chi connectivity index (χ2v) is 5.07. The van der Waals surface area contributed by atoms with Gasteiger partial charge in [0.1, 0.15) is 5.70 Å². The van der Waals surface area contributed by atoms with Crippen LogP contribution in [0.4, 0.5) is 0 Å². The van der Waals surface area contributed by atoms with Crippen LogP contribution in [0.2, 0.25) is 0 Å². The standard InChI is InChI=1S/C20H17NO3/c1-3-13-24-20(23)18(14-16-11-9-15(2)10-12-16)21-19(22)17-7-5-4-6-8-17/h1,4-12,14H,13H2,2H3,(H,21,22). The van der Waals surface area contributed by atoms with Crippen LogP contribution in [0.1, 0.15) is 21.5 Å². The van der Waals surface area contributed by atoms with E-state index in [0.29, 0.717) is 5.56 Å². The van der Waals surface area contributed by atoms with Crippen LogP contribution in [0.25, 0.3) is 6.08 Å². The lowest BCUT2D eigenvalue weighted by molar-refractivity contribution is -0.137. The Morgan fingerprint density at radius 1 is 1.12 bits per heavy atom. The maximum atomic E-state index is 12.3. The van der Waals surface area contributed by atoms with Crippen molar-refractivity contribution in [3.05, 3.63) is 77.0 Å². The number of carbonyl (C=O) groups excluding carboxylic acids is 2. The topological polar surface area (TPSA) is 55.4 Å². The zero-order chi connectivity index (χ0) is 17.4. The number of nitrogens with one attached hydrogen (secondary N) is 1. The van der Waals surface area contributed by atoms with Crippen LogP contribution < -0.4 is 5.32 Å². The minimum Gasteiger partial charge on any atom is -0.448 e. The first-order valence-corrected chi connectivity index (χ1v) is 7.35. The summed E-state index contributed by atoms with van der Waals surface area (Å²) in [5.41, 5.74) is 2.33. The molecule has 1 amide bonds. The minimum absolute atomic E-state index is 0.0305. The molecule has 0 aromatic heterocycles. The summed E-state index contributed by atoms with van der Waals surface area (Å²) in [7, 11) is 0. The highest BCUT2D eigenvalue weighted by Gasteiger charge is 2.15. The summed E-state index contributed by atoms with van der Waals surface area (Å²) < 4.78 is 4.93. The van der Waals surface area contributed by atoms with Gasteiger partial charge in [-0.3, -0.25) is 4.79 Å². The summed E-state index contributed by atoms with van der Waals surface area (Å²) in [6, 6.07) is 16.1. The monoisotopic (exact) mass is 319 g/mol. The van der Waals surface area contributed by atoms with Crippen molar-refractivity contribution in [1.82, 2.24) is 5.32 Å². The molecule has 0 saturated heterocycles. The molecule has 2 rings (SSSR count). The van der Waals surface area contributed by atoms with Crippen molar-refractivity contribution in [2.75, 3.05) is 6.61 Å². The maximum absolute atomic E-state index is 12.3. The van der Waals surface area contributed by atoms with E-state index in [1.165, 1.54) is 0 Å². The van der Waals surface area contributed by atoms with Crippen molar-refractivity contribution in [3.63, 3.8) is 0 Å². The summed E-state index contributed by atoms with van der Waals surface area (Å²) in [5, 5.41) is 2.58. The Labute approximate surface area is 141 Å². The van der Waals surface area contributed by atoms with Gasteiger partial charge in [0.2, 0.25) is 0 Å². The Morgan fingerprint density at radius 3 is 2.42 bits per heavy atom. The molecular weight excluding hydrogens is 302 g/mol. The van der Waals surface area contributed by atoms with Gasteiger partial charge in [0.25, 0.3) is 5.91 Å². The Hall–Kier alpha value is -3.32. The summed E-state index contributed by atoms with van der Waals surface area (Å²) >= 11 is 0. The summed E-state index contributed by atoms with van der Waals surface area (Å²) in [5.74, 6) is 1.15. The molecule has 2 aromatic rings. The van der Waals surface area contributed by atoms with Crippen molar-refractivity contribution in [2.24, 2.45) is 0 Å². The molecule has 4 heteroatoms. The van der Waals surface area contributed by atoms with Gasteiger partial charge in [-0.1, -0.05) is 53.9 Å². The number of terminal acetylenes is 1. The Bertz CT molecular complexity index is 784. The van der Waals surface area contributed by atoms with Gasteiger partial charge in [-0.15, -0.1) is 6.42 Å². The fourth-order valence-electron chi connectivity index (χ4n) is 1.94. The highest BCUT2D eigenvalue weighted by molar-refractivity contribution is 6.03. The van der Waals surface area contributed by atoms with E-state index in [-0.39, 0.29) is 12.3 Å².